The third-order valence-corrected chi connectivity index (χ3v) is 3.81. The van der Waals surface area contributed by atoms with Gasteiger partial charge in [-0.1, -0.05) is 23.4 Å². The summed E-state index contributed by atoms with van der Waals surface area (Å²) in [5.41, 5.74) is 0. The van der Waals surface area contributed by atoms with Crippen molar-refractivity contribution in [3.8, 4) is 5.75 Å². The minimum absolute atomic E-state index is 0.701. The lowest BCUT2D eigenvalue weighted by molar-refractivity contribution is 0.104. The molecule has 1 aromatic heterocycles. The molecule has 0 N–H and O–H groups in total. The molecule has 0 unspecified atom stereocenters. The van der Waals surface area contributed by atoms with E-state index in [1.807, 2.05) is 37.3 Å². The molecule has 0 amide bonds. The number of para-hydroxylation sites is 1. The summed E-state index contributed by atoms with van der Waals surface area (Å²) in [6.07, 6.45) is 0. The number of benzene rings is 1. The third-order valence-electron chi connectivity index (χ3n) is 3.81. The molecule has 6 heteroatoms. The summed E-state index contributed by atoms with van der Waals surface area (Å²) in [6.45, 7) is 8.41. The van der Waals surface area contributed by atoms with Gasteiger partial charge in [-0.25, -0.2) is 0 Å². The first-order chi connectivity index (χ1) is 10.8. The lowest BCUT2D eigenvalue weighted by atomic mass is 10.3. The summed E-state index contributed by atoms with van der Waals surface area (Å²) in [5, 5.41) is 3.83. The molecule has 118 valence electrons. The van der Waals surface area contributed by atoms with E-state index in [9.17, 15) is 0 Å². The van der Waals surface area contributed by atoms with E-state index in [-0.39, 0.29) is 0 Å². The van der Waals surface area contributed by atoms with E-state index in [0.717, 1.165) is 51.6 Å². The number of aryl methyl sites for hydroxylation is 1. The van der Waals surface area contributed by atoms with Gasteiger partial charge in [-0.15, -0.1) is 0 Å². The van der Waals surface area contributed by atoms with Crippen molar-refractivity contribution in [3.05, 3.63) is 42.0 Å². The van der Waals surface area contributed by atoms with Crippen LogP contribution in [0.1, 0.15) is 11.7 Å². The van der Waals surface area contributed by atoms with Crippen molar-refractivity contribution < 1.29 is 9.26 Å². The molecule has 0 spiro atoms. The fourth-order valence-corrected chi connectivity index (χ4v) is 2.58. The van der Waals surface area contributed by atoms with Gasteiger partial charge in [0.05, 0.1) is 6.54 Å². The molecule has 2 aromatic rings. The fourth-order valence-electron chi connectivity index (χ4n) is 2.58. The smallest absolute Gasteiger partial charge is 0.240 e. The Morgan fingerprint density at radius 2 is 1.82 bits per heavy atom. The van der Waals surface area contributed by atoms with Crippen LogP contribution in [0.4, 0.5) is 0 Å². The molecular formula is C16H22N4O2. The highest BCUT2D eigenvalue weighted by atomic mass is 16.5. The molecule has 1 aromatic carbocycles. The lowest BCUT2D eigenvalue weighted by Crippen LogP contribution is -2.47. The third kappa shape index (κ3) is 4.29. The molecule has 0 radical (unpaired) electrons. The zero-order valence-electron chi connectivity index (χ0n) is 12.9. The fraction of sp³-hybridized carbons (Fsp3) is 0.500. The maximum absolute atomic E-state index is 5.75. The van der Waals surface area contributed by atoms with Gasteiger partial charge in [0, 0.05) is 32.7 Å². The highest BCUT2D eigenvalue weighted by Crippen LogP contribution is 2.09. The normalized spacial score (nSPS) is 16.8. The number of ether oxygens (including phenoxy) is 1. The Morgan fingerprint density at radius 3 is 2.50 bits per heavy atom. The zero-order chi connectivity index (χ0) is 15.2. The van der Waals surface area contributed by atoms with Crippen molar-refractivity contribution in [1.82, 2.24) is 19.9 Å². The molecule has 1 aliphatic rings. The second kappa shape index (κ2) is 7.38. The number of nitrogens with zero attached hydrogens (tertiary/aromatic N) is 4. The summed E-state index contributed by atoms with van der Waals surface area (Å²) in [7, 11) is 0. The van der Waals surface area contributed by atoms with Crippen molar-refractivity contribution in [1.29, 1.82) is 0 Å². The molecule has 1 saturated heterocycles. The van der Waals surface area contributed by atoms with Gasteiger partial charge in [0.1, 0.15) is 12.4 Å². The Kier molecular flexibility index (Phi) is 5.03. The van der Waals surface area contributed by atoms with E-state index in [4.69, 9.17) is 9.26 Å². The molecule has 3 rings (SSSR count). The van der Waals surface area contributed by atoms with Crippen LogP contribution < -0.4 is 4.74 Å². The van der Waals surface area contributed by atoms with Gasteiger partial charge in [0.15, 0.2) is 5.82 Å². The summed E-state index contributed by atoms with van der Waals surface area (Å²) >= 11 is 0. The van der Waals surface area contributed by atoms with Crippen LogP contribution >= 0.6 is 0 Å². The minimum atomic E-state index is 0.701. The largest absolute Gasteiger partial charge is 0.492 e. The molecule has 2 heterocycles. The van der Waals surface area contributed by atoms with Gasteiger partial charge < -0.3 is 9.26 Å². The number of piperazine rings is 1. The first kappa shape index (κ1) is 15.0. The second-order valence-corrected chi connectivity index (χ2v) is 5.51. The summed E-state index contributed by atoms with van der Waals surface area (Å²) in [5.74, 6) is 2.35. The monoisotopic (exact) mass is 302 g/mol. The van der Waals surface area contributed by atoms with Crippen molar-refractivity contribution in [3.63, 3.8) is 0 Å². The van der Waals surface area contributed by atoms with E-state index in [2.05, 4.69) is 19.9 Å². The maximum Gasteiger partial charge on any atom is 0.240 e. The molecule has 0 bridgehead atoms. The molecule has 1 aliphatic heterocycles. The molecule has 6 nitrogen and oxygen atoms in total. The number of hydrogen-bond acceptors (Lipinski definition) is 6. The van der Waals surface area contributed by atoms with Gasteiger partial charge >= 0.3 is 0 Å². The van der Waals surface area contributed by atoms with Crippen LogP contribution in [-0.4, -0.2) is 59.3 Å². The molecule has 0 atom stereocenters. The molecule has 0 saturated carbocycles. The lowest BCUT2D eigenvalue weighted by Gasteiger charge is -2.33. The SMILES string of the molecule is Cc1noc(CN2CCN(CCOc3ccccc3)CC2)n1. The topological polar surface area (TPSA) is 54.6 Å². The zero-order valence-corrected chi connectivity index (χ0v) is 12.9. The van der Waals surface area contributed by atoms with Crippen LogP contribution in [0.5, 0.6) is 5.75 Å². The Hall–Kier alpha value is -1.92. The number of hydrogen-bond donors (Lipinski definition) is 0. The minimum Gasteiger partial charge on any atom is -0.492 e. The first-order valence-electron chi connectivity index (χ1n) is 7.71. The second-order valence-electron chi connectivity index (χ2n) is 5.51. The maximum atomic E-state index is 5.75. The van der Waals surface area contributed by atoms with Crippen LogP contribution in [0.2, 0.25) is 0 Å². The van der Waals surface area contributed by atoms with E-state index >= 15 is 0 Å². The molecule has 0 aliphatic carbocycles. The average Bonchev–Trinajstić information content (AvgIpc) is 2.95. The van der Waals surface area contributed by atoms with Crippen LogP contribution in [0.3, 0.4) is 0 Å². The van der Waals surface area contributed by atoms with Crippen LogP contribution in [0.15, 0.2) is 34.9 Å². The van der Waals surface area contributed by atoms with E-state index in [1.165, 1.54) is 0 Å². The predicted octanol–water partition coefficient (Wildman–Crippen LogP) is 1.57. The first-order valence-corrected chi connectivity index (χ1v) is 7.71. The van der Waals surface area contributed by atoms with Crippen LogP contribution in [-0.2, 0) is 6.54 Å². The van der Waals surface area contributed by atoms with Gasteiger partial charge in [0.25, 0.3) is 0 Å². The van der Waals surface area contributed by atoms with Gasteiger partial charge in [0.2, 0.25) is 5.89 Å². The van der Waals surface area contributed by atoms with Crippen molar-refractivity contribution in [2.75, 3.05) is 39.3 Å². The summed E-state index contributed by atoms with van der Waals surface area (Å²) in [6, 6.07) is 9.96. The summed E-state index contributed by atoms with van der Waals surface area (Å²) in [4.78, 5) is 9.03. The number of aromatic nitrogens is 2. The molecule has 1 fully saturated rings. The Labute approximate surface area is 130 Å². The van der Waals surface area contributed by atoms with Crippen LogP contribution in [0, 0.1) is 6.92 Å². The molecular weight excluding hydrogens is 280 g/mol. The predicted molar refractivity (Wildman–Crippen MR) is 82.7 cm³/mol. The standard InChI is InChI=1S/C16H22N4O2/c1-14-17-16(22-18-14)13-20-9-7-19(8-10-20)11-12-21-15-5-3-2-4-6-15/h2-6H,7-13H2,1H3. The number of rotatable bonds is 6. The highest BCUT2D eigenvalue weighted by molar-refractivity contribution is 5.20. The Bertz CT molecular complexity index is 565. The van der Waals surface area contributed by atoms with E-state index < -0.39 is 0 Å². The summed E-state index contributed by atoms with van der Waals surface area (Å²) < 4.78 is 10.9. The Balaban J connectivity index is 1.35. The van der Waals surface area contributed by atoms with Crippen molar-refractivity contribution in [2.24, 2.45) is 0 Å². The van der Waals surface area contributed by atoms with Crippen molar-refractivity contribution in [2.45, 2.75) is 13.5 Å². The highest BCUT2D eigenvalue weighted by Gasteiger charge is 2.18. The quantitative estimate of drug-likeness (QED) is 0.807. The van der Waals surface area contributed by atoms with Gasteiger partial charge in [-0.3, -0.25) is 9.80 Å². The van der Waals surface area contributed by atoms with E-state index in [1.54, 1.807) is 0 Å². The van der Waals surface area contributed by atoms with Crippen LogP contribution in [0.25, 0.3) is 0 Å². The molecule has 22 heavy (non-hydrogen) atoms. The van der Waals surface area contributed by atoms with Crippen molar-refractivity contribution >= 4 is 0 Å². The average molecular weight is 302 g/mol. The van der Waals surface area contributed by atoms with Gasteiger partial charge in [-0.2, -0.15) is 4.98 Å². The Morgan fingerprint density at radius 1 is 1.09 bits per heavy atom. The van der Waals surface area contributed by atoms with Gasteiger partial charge in [-0.05, 0) is 19.1 Å². The van der Waals surface area contributed by atoms with E-state index in [0.29, 0.717) is 11.7 Å².